The second-order valence-corrected chi connectivity index (χ2v) is 7.67. The molecule has 1 aromatic rings. The van der Waals surface area contributed by atoms with Gasteiger partial charge >= 0.3 is 0 Å². The van der Waals surface area contributed by atoms with Gasteiger partial charge in [0.1, 0.15) is 0 Å². The lowest BCUT2D eigenvalue weighted by molar-refractivity contribution is -0.122. The van der Waals surface area contributed by atoms with E-state index in [1.165, 1.54) is 4.90 Å². The average Bonchev–Trinajstić information content (AvgIpc) is 2.36. The molecule has 0 aliphatic heterocycles. The number of hydrogen-bond donors (Lipinski definition) is 2. The van der Waals surface area contributed by atoms with Crippen LogP contribution in [0.4, 0.5) is 0 Å². The average molecular weight is 308 g/mol. The van der Waals surface area contributed by atoms with Gasteiger partial charge in [-0.3, -0.25) is 4.79 Å². The molecule has 0 aliphatic carbocycles. The van der Waals surface area contributed by atoms with Gasteiger partial charge in [-0.2, -0.15) is 0 Å². The van der Waals surface area contributed by atoms with E-state index in [1.54, 1.807) is 11.8 Å². The first-order valence-corrected chi connectivity index (χ1v) is 8.62. The highest BCUT2D eigenvalue weighted by atomic mass is 32.2. The molecule has 0 aromatic heterocycles. The van der Waals surface area contributed by atoms with Crippen LogP contribution in [0.1, 0.15) is 52.1 Å². The predicted molar refractivity (Wildman–Crippen MR) is 91.4 cm³/mol. The minimum atomic E-state index is -0.0870. The Morgan fingerprint density at radius 2 is 1.86 bits per heavy atom. The Morgan fingerprint density at radius 1 is 1.29 bits per heavy atom. The van der Waals surface area contributed by atoms with Gasteiger partial charge in [0, 0.05) is 17.4 Å². The van der Waals surface area contributed by atoms with E-state index in [-0.39, 0.29) is 23.4 Å². The van der Waals surface area contributed by atoms with Crippen molar-refractivity contribution in [3.8, 4) is 0 Å². The maximum Gasteiger partial charge on any atom is 0.222 e. The van der Waals surface area contributed by atoms with Crippen LogP contribution in [-0.2, 0) is 4.79 Å². The Bertz CT molecular complexity index is 451. The van der Waals surface area contributed by atoms with Gasteiger partial charge in [0.05, 0.1) is 6.04 Å². The van der Waals surface area contributed by atoms with Gasteiger partial charge in [-0.25, -0.2) is 0 Å². The lowest BCUT2D eigenvalue weighted by Gasteiger charge is -2.23. The van der Waals surface area contributed by atoms with Crippen LogP contribution in [0.15, 0.2) is 29.2 Å². The van der Waals surface area contributed by atoms with E-state index >= 15 is 0 Å². The van der Waals surface area contributed by atoms with Crippen LogP contribution in [0.3, 0.4) is 0 Å². The standard InChI is InChI=1S/C17H28N2OS/c1-12(13-6-8-15(21-5)9-7-13)19-16(20)10-14(18)11-17(2,3)4/h6-9,12,14H,10-11,18H2,1-5H3,(H,19,20). The number of amides is 1. The second kappa shape index (κ2) is 7.85. The minimum absolute atomic E-state index is 0.00948. The van der Waals surface area contributed by atoms with E-state index in [4.69, 9.17) is 5.73 Å². The van der Waals surface area contributed by atoms with Crippen molar-refractivity contribution in [1.82, 2.24) is 5.32 Å². The molecule has 21 heavy (non-hydrogen) atoms. The zero-order chi connectivity index (χ0) is 16.0. The summed E-state index contributed by atoms with van der Waals surface area (Å²) >= 11 is 1.71. The normalized spacial score (nSPS) is 14.6. The van der Waals surface area contributed by atoms with E-state index in [0.717, 1.165) is 12.0 Å². The fraction of sp³-hybridized carbons (Fsp3) is 0.588. The van der Waals surface area contributed by atoms with Gasteiger partial charge in [-0.1, -0.05) is 32.9 Å². The van der Waals surface area contributed by atoms with Crippen LogP contribution in [-0.4, -0.2) is 18.2 Å². The summed E-state index contributed by atoms with van der Waals surface area (Å²) in [6.07, 6.45) is 3.28. The second-order valence-electron chi connectivity index (χ2n) is 6.79. The first kappa shape index (κ1) is 18.1. The highest BCUT2D eigenvalue weighted by Crippen LogP contribution is 2.22. The molecule has 2 atom stereocenters. The molecule has 3 N–H and O–H groups in total. The SMILES string of the molecule is CSc1ccc(C(C)NC(=O)CC(N)CC(C)(C)C)cc1. The summed E-state index contributed by atoms with van der Waals surface area (Å²) in [7, 11) is 0. The third kappa shape index (κ3) is 7.00. The number of carbonyl (C=O) groups is 1. The first-order valence-electron chi connectivity index (χ1n) is 7.40. The van der Waals surface area contributed by atoms with Gasteiger partial charge in [0.2, 0.25) is 5.91 Å². The molecule has 1 rings (SSSR count). The molecule has 1 aromatic carbocycles. The molecule has 0 bridgehead atoms. The van der Waals surface area contributed by atoms with Crippen LogP contribution in [0.2, 0.25) is 0 Å². The van der Waals surface area contributed by atoms with Gasteiger partial charge in [-0.05, 0) is 42.7 Å². The quantitative estimate of drug-likeness (QED) is 0.787. The Labute approximate surface area is 133 Å². The fourth-order valence-electron chi connectivity index (χ4n) is 2.37. The Morgan fingerprint density at radius 3 is 2.33 bits per heavy atom. The van der Waals surface area contributed by atoms with Gasteiger partial charge in [0.25, 0.3) is 0 Å². The van der Waals surface area contributed by atoms with Crippen molar-refractivity contribution in [2.45, 2.75) is 57.5 Å². The Hall–Kier alpha value is -1.00. The minimum Gasteiger partial charge on any atom is -0.350 e. The summed E-state index contributed by atoms with van der Waals surface area (Å²) in [6, 6.07) is 8.20. The molecule has 118 valence electrons. The molecular formula is C17H28N2OS. The zero-order valence-corrected chi connectivity index (χ0v) is 14.6. The summed E-state index contributed by atoms with van der Waals surface area (Å²) in [5.74, 6) is 0.0215. The largest absolute Gasteiger partial charge is 0.350 e. The van der Waals surface area contributed by atoms with Gasteiger partial charge < -0.3 is 11.1 Å². The maximum absolute atomic E-state index is 12.1. The number of hydrogen-bond acceptors (Lipinski definition) is 3. The van der Waals surface area contributed by atoms with Crippen LogP contribution >= 0.6 is 11.8 Å². The molecule has 3 nitrogen and oxygen atoms in total. The molecule has 2 unspecified atom stereocenters. The number of nitrogens with one attached hydrogen (secondary N) is 1. The molecule has 0 spiro atoms. The Balaban J connectivity index is 2.49. The Kier molecular flexibility index (Phi) is 6.75. The fourth-order valence-corrected chi connectivity index (χ4v) is 2.78. The summed E-state index contributed by atoms with van der Waals surface area (Å²) < 4.78 is 0. The van der Waals surface area contributed by atoms with Gasteiger partial charge in [0.15, 0.2) is 0 Å². The molecule has 0 aliphatic rings. The summed E-state index contributed by atoms with van der Waals surface area (Å²) in [5.41, 5.74) is 7.32. The summed E-state index contributed by atoms with van der Waals surface area (Å²) in [6.45, 7) is 8.42. The molecule has 1 amide bonds. The monoisotopic (exact) mass is 308 g/mol. The van der Waals surface area contributed by atoms with E-state index in [9.17, 15) is 4.79 Å². The van der Waals surface area contributed by atoms with Crippen molar-refractivity contribution in [2.24, 2.45) is 11.1 Å². The summed E-state index contributed by atoms with van der Waals surface area (Å²) in [5, 5.41) is 3.02. The topological polar surface area (TPSA) is 55.1 Å². The highest BCUT2D eigenvalue weighted by molar-refractivity contribution is 7.98. The lowest BCUT2D eigenvalue weighted by Crippen LogP contribution is -2.35. The van der Waals surface area contributed by atoms with Crippen LogP contribution in [0.25, 0.3) is 0 Å². The molecule has 0 radical (unpaired) electrons. The van der Waals surface area contributed by atoms with E-state index in [2.05, 4.69) is 56.6 Å². The molecule has 0 saturated heterocycles. The first-order chi connectivity index (χ1) is 9.71. The third-order valence-electron chi connectivity index (χ3n) is 3.32. The highest BCUT2D eigenvalue weighted by Gasteiger charge is 2.19. The van der Waals surface area contributed by atoms with Crippen LogP contribution < -0.4 is 11.1 Å². The molecular weight excluding hydrogens is 280 g/mol. The number of thioether (sulfide) groups is 1. The zero-order valence-electron chi connectivity index (χ0n) is 13.8. The third-order valence-corrected chi connectivity index (χ3v) is 4.06. The van der Waals surface area contributed by atoms with Crippen LogP contribution in [0.5, 0.6) is 0 Å². The number of benzene rings is 1. The van der Waals surface area contributed by atoms with Crippen molar-refractivity contribution >= 4 is 17.7 Å². The van der Waals surface area contributed by atoms with E-state index in [1.807, 2.05) is 6.92 Å². The van der Waals surface area contributed by atoms with Crippen molar-refractivity contribution in [1.29, 1.82) is 0 Å². The van der Waals surface area contributed by atoms with Crippen molar-refractivity contribution in [2.75, 3.05) is 6.26 Å². The molecule has 0 heterocycles. The molecule has 4 heteroatoms. The van der Waals surface area contributed by atoms with Crippen molar-refractivity contribution < 1.29 is 4.79 Å². The smallest absolute Gasteiger partial charge is 0.222 e. The molecule has 0 fully saturated rings. The lowest BCUT2D eigenvalue weighted by atomic mass is 9.87. The predicted octanol–water partition coefficient (Wildman–Crippen LogP) is 3.74. The van der Waals surface area contributed by atoms with Gasteiger partial charge in [-0.15, -0.1) is 11.8 Å². The van der Waals surface area contributed by atoms with Crippen molar-refractivity contribution in [3.05, 3.63) is 29.8 Å². The maximum atomic E-state index is 12.1. The van der Waals surface area contributed by atoms with E-state index in [0.29, 0.717) is 6.42 Å². The number of rotatable bonds is 6. The van der Waals surface area contributed by atoms with Crippen molar-refractivity contribution in [3.63, 3.8) is 0 Å². The summed E-state index contributed by atoms with van der Waals surface area (Å²) in [4.78, 5) is 13.3. The van der Waals surface area contributed by atoms with Crippen LogP contribution in [0, 0.1) is 5.41 Å². The number of nitrogens with two attached hydrogens (primary N) is 1. The molecule has 0 saturated carbocycles. The number of carbonyl (C=O) groups excluding carboxylic acids is 1. The van der Waals surface area contributed by atoms with E-state index < -0.39 is 0 Å².